The van der Waals surface area contributed by atoms with E-state index in [2.05, 4.69) is 22.5 Å². The molecule has 0 fully saturated rings. The highest BCUT2D eigenvalue weighted by Crippen LogP contribution is 2.31. The molecule has 6 nitrogen and oxygen atoms in total. The number of ether oxygens (including phenoxy) is 2. The number of aromatic nitrogens is 1. The standard InChI is InChI=1S/C19H25N3O3/c1-4-5-6-10-21-19(23)14-9-11-20-18(12-14)22-16-13-15(24-2)7-8-17(16)25-3/h7-9,11-13H,4-6,10H2,1-3H3,(H,20,22)(H,21,23). The smallest absolute Gasteiger partial charge is 0.251 e. The molecular formula is C19H25N3O3. The van der Waals surface area contributed by atoms with Crippen LogP contribution in [-0.2, 0) is 0 Å². The Kier molecular flexibility index (Phi) is 7.07. The molecule has 134 valence electrons. The number of unbranched alkanes of at least 4 members (excludes halogenated alkanes) is 2. The fourth-order valence-electron chi connectivity index (χ4n) is 2.37. The molecule has 0 bridgehead atoms. The Morgan fingerprint density at radius 1 is 1.12 bits per heavy atom. The average Bonchev–Trinajstić information content (AvgIpc) is 2.65. The summed E-state index contributed by atoms with van der Waals surface area (Å²) < 4.78 is 10.6. The van der Waals surface area contributed by atoms with Crippen molar-refractivity contribution in [2.75, 3.05) is 26.1 Å². The molecule has 25 heavy (non-hydrogen) atoms. The van der Waals surface area contributed by atoms with Crippen LogP contribution in [0.15, 0.2) is 36.5 Å². The zero-order chi connectivity index (χ0) is 18.1. The maximum atomic E-state index is 12.2. The van der Waals surface area contributed by atoms with Crippen molar-refractivity contribution in [2.45, 2.75) is 26.2 Å². The van der Waals surface area contributed by atoms with Gasteiger partial charge in [0, 0.05) is 24.4 Å². The van der Waals surface area contributed by atoms with Crippen LogP contribution in [0.25, 0.3) is 0 Å². The number of benzene rings is 1. The Balaban J connectivity index is 2.10. The first-order valence-corrected chi connectivity index (χ1v) is 8.41. The quantitative estimate of drug-likeness (QED) is 0.678. The summed E-state index contributed by atoms with van der Waals surface area (Å²) in [7, 11) is 3.20. The number of hydrogen-bond donors (Lipinski definition) is 2. The Bertz CT molecular complexity index is 704. The lowest BCUT2D eigenvalue weighted by Gasteiger charge is -2.13. The Morgan fingerprint density at radius 2 is 1.96 bits per heavy atom. The lowest BCUT2D eigenvalue weighted by atomic mass is 10.2. The highest BCUT2D eigenvalue weighted by molar-refractivity contribution is 5.94. The molecule has 1 aromatic carbocycles. The van der Waals surface area contributed by atoms with Crippen LogP contribution in [-0.4, -0.2) is 31.7 Å². The first-order chi connectivity index (χ1) is 12.2. The van der Waals surface area contributed by atoms with Gasteiger partial charge in [-0.2, -0.15) is 0 Å². The lowest BCUT2D eigenvalue weighted by molar-refractivity contribution is 0.0953. The number of pyridine rings is 1. The maximum Gasteiger partial charge on any atom is 0.251 e. The van der Waals surface area contributed by atoms with Crippen LogP contribution in [0.5, 0.6) is 11.5 Å². The number of nitrogens with zero attached hydrogens (tertiary/aromatic N) is 1. The minimum absolute atomic E-state index is 0.0980. The highest BCUT2D eigenvalue weighted by Gasteiger charge is 2.09. The molecule has 0 saturated heterocycles. The average molecular weight is 343 g/mol. The molecule has 0 aliphatic rings. The van der Waals surface area contributed by atoms with E-state index in [1.165, 1.54) is 0 Å². The van der Waals surface area contributed by atoms with E-state index in [9.17, 15) is 4.79 Å². The molecule has 0 spiro atoms. The van der Waals surface area contributed by atoms with Crippen molar-refractivity contribution in [3.63, 3.8) is 0 Å². The van der Waals surface area contributed by atoms with Crippen LogP contribution in [0.3, 0.4) is 0 Å². The van der Waals surface area contributed by atoms with Gasteiger partial charge in [0.05, 0.1) is 19.9 Å². The van der Waals surface area contributed by atoms with E-state index in [1.807, 2.05) is 18.2 Å². The fourth-order valence-corrected chi connectivity index (χ4v) is 2.37. The van der Waals surface area contributed by atoms with Gasteiger partial charge in [-0.25, -0.2) is 4.98 Å². The number of hydrogen-bond acceptors (Lipinski definition) is 5. The van der Waals surface area contributed by atoms with E-state index >= 15 is 0 Å². The number of carbonyl (C=O) groups is 1. The number of amides is 1. The molecule has 2 rings (SSSR count). The van der Waals surface area contributed by atoms with Crippen molar-refractivity contribution in [3.05, 3.63) is 42.1 Å². The highest BCUT2D eigenvalue weighted by atomic mass is 16.5. The van der Waals surface area contributed by atoms with Crippen LogP contribution in [0, 0.1) is 0 Å². The van der Waals surface area contributed by atoms with Crippen LogP contribution in [0.1, 0.15) is 36.5 Å². The zero-order valence-corrected chi connectivity index (χ0v) is 15.0. The third-order valence-electron chi connectivity index (χ3n) is 3.76. The molecule has 0 atom stereocenters. The van der Waals surface area contributed by atoms with E-state index in [4.69, 9.17) is 9.47 Å². The van der Waals surface area contributed by atoms with Crippen LogP contribution in [0.4, 0.5) is 11.5 Å². The third kappa shape index (κ3) is 5.38. The second-order valence-electron chi connectivity index (χ2n) is 5.58. The van der Waals surface area contributed by atoms with E-state index in [0.29, 0.717) is 29.4 Å². The lowest BCUT2D eigenvalue weighted by Crippen LogP contribution is -2.24. The number of nitrogens with one attached hydrogen (secondary N) is 2. The van der Waals surface area contributed by atoms with E-state index in [-0.39, 0.29) is 5.91 Å². The van der Waals surface area contributed by atoms with Gasteiger partial charge in [0.15, 0.2) is 0 Å². The van der Waals surface area contributed by atoms with Crippen molar-refractivity contribution in [1.29, 1.82) is 0 Å². The van der Waals surface area contributed by atoms with E-state index in [1.54, 1.807) is 32.5 Å². The molecule has 1 aromatic heterocycles. The zero-order valence-electron chi connectivity index (χ0n) is 15.0. The molecule has 2 aromatic rings. The fraction of sp³-hybridized carbons (Fsp3) is 0.368. The van der Waals surface area contributed by atoms with Crippen LogP contribution >= 0.6 is 0 Å². The van der Waals surface area contributed by atoms with Gasteiger partial charge in [-0.05, 0) is 30.7 Å². The summed E-state index contributed by atoms with van der Waals surface area (Å²) in [6, 6.07) is 8.86. The maximum absolute atomic E-state index is 12.2. The van der Waals surface area contributed by atoms with Crippen molar-refractivity contribution < 1.29 is 14.3 Å². The molecule has 0 aliphatic carbocycles. The second kappa shape index (κ2) is 9.52. The van der Waals surface area contributed by atoms with Crippen molar-refractivity contribution in [3.8, 4) is 11.5 Å². The first-order valence-electron chi connectivity index (χ1n) is 8.41. The largest absolute Gasteiger partial charge is 0.497 e. The van der Waals surface area contributed by atoms with Crippen LogP contribution in [0.2, 0.25) is 0 Å². The van der Waals surface area contributed by atoms with E-state index in [0.717, 1.165) is 24.9 Å². The number of anilines is 2. The minimum Gasteiger partial charge on any atom is -0.497 e. The second-order valence-corrected chi connectivity index (χ2v) is 5.58. The summed E-state index contributed by atoms with van der Waals surface area (Å²) in [6.07, 6.45) is 4.83. The van der Waals surface area contributed by atoms with Gasteiger partial charge in [-0.15, -0.1) is 0 Å². The molecule has 1 heterocycles. The first kappa shape index (κ1) is 18.6. The van der Waals surface area contributed by atoms with Crippen LogP contribution < -0.4 is 20.1 Å². The predicted molar refractivity (Wildman–Crippen MR) is 98.9 cm³/mol. The molecule has 0 radical (unpaired) electrons. The normalized spacial score (nSPS) is 10.2. The Morgan fingerprint density at radius 3 is 2.68 bits per heavy atom. The van der Waals surface area contributed by atoms with Gasteiger partial charge in [0.1, 0.15) is 17.3 Å². The van der Waals surface area contributed by atoms with Gasteiger partial charge >= 0.3 is 0 Å². The summed E-state index contributed by atoms with van der Waals surface area (Å²) in [6.45, 7) is 2.82. The van der Waals surface area contributed by atoms with Crippen molar-refractivity contribution in [1.82, 2.24) is 10.3 Å². The molecule has 0 unspecified atom stereocenters. The van der Waals surface area contributed by atoms with E-state index < -0.39 is 0 Å². The molecule has 0 saturated carbocycles. The number of methoxy groups -OCH3 is 2. The number of carbonyl (C=O) groups excluding carboxylic acids is 1. The summed E-state index contributed by atoms with van der Waals surface area (Å²) in [4.78, 5) is 16.5. The number of rotatable bonds is 9. The van der Waals surface area contributed by atoms with Crippen molar-refractivity contribution >= 4 is 17.4 Å². The molecule has 1 amide bonds. The Labute approximate surface area is 148 Å². The van der Waals surface area contributed by atoms with Gasteiger partial charge in [0.25, 0.3) is 5.91 Å². The molecule has 2 N–H and O–H groups in total. The topological polar surface area (TPSA) is 72.5 Å². The Hall–Kier alpha value is -2.76. The molecule has 6 heteroatoms. The summed E-state index contributed by atoms with van der Waals surface area (Å²) >= 11 is 0. The summed E-state index contributed by atoms with van der Waals surface area (Å²) in [5.74, 6) is 1.83. The summed E-state index contributed by atoms with van der Waals surface area (Å²) in [5, 5.41) is 6.10. The predicted octanol–water partition coefficient (Wildman–Crippen LogP) is 3.76. The van der Waals surface area contributed by atoms with Gasteiger partial charge < -0.3 is 20.1 Å². The summed E-state index contributed by atoms with van der Waals surface area (Å²) in [5.41, 5.74) is 1.28. The molecular weight excluding hydrogens is 318 g/mol. The molecule has 0 aliphatic heterocycles. The van der Waals surface area contributed by atoms with Gasteiger partial charge in [-0.3, -0.25) is 4.79 Å². The minimum atomic E-state index is -0.0980. The SMILES string of the molecule is CCCCCNC(=O)c1ccnc(Nc2cc(OC)ccc2OC)c1. The van der Waals surface area contributed by atoms with Gasteiger partial charge in [0.2, 0.25) is 0 Å². The van der Waals surface area contributed by atoms with Crippen molar-refractivity contribution in [2.24, 2.45) is 0 Å². The third-order valence-corrected chi connectivity index (χ3v) is 3.76. The monoisotopic (exact) mass is 343 g/mol. The van der Waals surface area contributed by atoms with Gasteiger partial charge in [-0.1, -0.05) is 19.8 Å².